The molecule has 45 valence electrons. The fraction of sp³-hybridized carbons (Fsp3) is 0.857. The molecule has 1 radical (unpaired) electrons. The Bertz CT molecular complexity index is 101. The summed E-state index contributed by atoms with van der Waals surface area (Å²) in [5.74, 6) is 1.63. The average Bonchev–Trinajstić information content (AvgIpc) is 2.21. The van der Waals surface area contributed by atoms with Crippen LogP contribution in [0.15, 0.2) is 0 Å². The summed E-state index contributed by atoms with van der Waals surface area (Å²) in [6, 6.07) is 0. The predicted octanol–water partition coefficient (Wildman–Crippen LogP) is 1.53. The molecular formula is C7H11O. The van der Waals surface area contributed by atoms with E-state index >= 15 is 0 Å². The zero-order valence-electron chi connectivity index (χ0n) is 5.24. The molecule has 0 amide bonds. The van der Waals surface area contributed by atoms with Crippen LogP contribution in [-0.2, 0) is 4.74 Å². The Morgan fingerprint density at radius 3 is 2.62 bits per heavy atom. The van der Waals surface area contributed by atoms with Crippen molar-refractivity contribution in [1.29, 1.82) is 0 Å². The van der Waals surface area contributed by atoms with Crippen molar-refractivity contribution in [2.45, 2.75) is 31.8 Å². The molecule has 0 aromatic rings. The van der Waals surface area contributed by atoms with E-state index < -0.39 is 0 Å². The molecule has 2 bridgehead atoms. The van der Waals surface area contributed by atoms with Crippen LogP contribution in [0.1, 0.15) is 26.2 Å². The number of rotatable bonds is 0. The van der Waals surface area contributed by atoms with Crippen molar-refractivity contribution in [3.63, 3.8) is 0 Å². The van der Waals surface area contributed by atoms with E-state index in [0.717, 1.165) is 6.61 Å². The number of hydrogen-bond acceptors (Lipinski definition) is 1. The van der Waals surface area contributed by atoms with Crippen LogP contribution in [0.3, 0.4) is 0 Å². The molecule has 1 nitrogen and oxygen atoms in total. The standard InChI is InChI=1S/C7H11O/c1-7-3-2-6(4-7)5-8-7/h2-5H2,1H3/t7-/m1/s1. The lowest BCUT2D eigenvalue weighted by Crippen LogP contribution is -2.20. The van der Waals surface area contributed by atoms with Crippen molar-refractivity contribution in [1.82, 2.24) is 0 Å². The summed E-state index contributed by atoms with van der Waals surface area (Å²) in [5.41, 5.74) is 0.273. The van der Waals surface area contributed by atoms with Gasteiger partial charge in [0.15, 0.2) is 0 Å². The van der Waals surface area contributed by atoms with Crippen LogP contribution in [0.2, 0.25) is 0 Å². The second-order valence-electron chi connectivity index (χ2n) is 3.17. The molecule has 0 N–H and O–H groups in total. The molecule has 0 unspecified atom stereocenters. The van der Waals surface area contributed by atoms with Crippen LogP contribution in [0, 0.1) is 5.92 Å². The molecule has 1 saturated heterocycles. The Morgan fingerprint density at radius 2 is 2.50 bits per heavy atom. The minimum absolute atomic E-state index is 0.273. The first-order valence-electron chi connectivity index (χ1n) is 3.26. The Kier molecular flexibility index (Phi) is 0.762. The van der Waals surface area contributed by atoms with E-state index in [1.54, 1.807) is 5.92 Å². The predicted molar refractivity (Wildman–Crippen MR) is 31.5 cm³/mol. The van der Waals surface area contributed by atoms with E-state index in [1.807, 2.05) is 0 Å². The van der Waals surface area contributed by atoms with Crippen molar-refractivity contribution in [3.8, 4) is 0 Å². The molecule has 2 fully saturated rings. The first-order chi connectivity index (χ1) is 3.79. The highest BCUT2D eigenvalue weighted by Crippen LogP contribution is 2.44. The van der Waals surface area contributed by atoms with Crippen LogP contribution in [0.5, 0.6) is 0 Å². The van der Waals surface area contributed by atoms with E-state index in [4.69, 9.17) is 4.74 Å². The average molecular weight is 111 g/mol. The molecular weight excluding hydrogens is 100 g/mol. The minimum Gasteiger partial charge on any atom is -0.375 e. The van der Waals surface area contributed by atoms with Crippen LogP contribution < -0.4 is 0 Å². The zero-order chi connectivity index (χ0) is 5.61. The molecule has 0 aromatic carbocycles. The van der Waals surface area contributed by atoms with E-state index in [9.17, 15) is 0 Å². The first-order valence-corrected chi connectivity index (χ1v) is 3.26. The minimum atomic E-state index is 0.273. The van der Waals surface area contributed by atoms with Gasteiger partial charge in [0.1, 0.15) is 0 Å². The lowest BCUT2D eigenvalue weighted by molar-refractivity contribution is 0.00679. The normalized spacial score (nSPS) is 46.1. The van der Waals surface area contributed by atoms with Crippen molar-refractivity contribution < 1.29 is 4.74 Å². The highest BCUT2D eigenvalue weighted by molar-refractivity contribution is 5.10. The van der Waals surface area contributed by atoms with Gasteiger partial charge in [-0.2, -0.15) is 0 Å². The van der Waals surface area contributed by atoms with Crippen LogP contribution in [-0.4, -0.2) is 12.2 Å². The van der Waals surface area contributed by atoms with Crippen LogP contribution >= 0.6 is 0 Å². The van der Waals surface area contributed by atoms with E-state index in [1.165, 1.54) is 19.3 Å². The summed E-state index contributed by atoms with van der Waals surface area (Å²) in [4.78, 5) is 0. The van der Waals surface area contributed by atoms with Gasteiger partial charge in [0.2, 0.25) is 0 Å². The molecule has 2 rings (SSSR count). The third-order valence-electron chi connectivity index (χ3n) is 2.26. The van der Waals surface area contributed by atoms with Gasteiger partial charge < -0.3 is 4.74 Å². The lowest BCUT2D eigenvalue weighted by Gasteiger charge is -2.20. The summed E-state index contributed by atoms with van der Waals surface area (Å²) in [5, 5.41) is 0. The van der Waals surface area contributed by atoms with Gasteiger partial charge in [-0.05, 0) is 26.2 Å². The van der Waals surface area contributed by atoms with Gasteiger partial charge in [-0.15, -0.1) is 0 Å². The number of hydrogen-bond donors (Lipinski definition) is 0. The monoisotopic (exact) mass is 111 g/mol. The highest BCUT2D eigenvalue weighted by Gasteiger charge is 2.42. The molecule has 1 atom stereocenters. The smallest absolute Gasteiger partial charge is 0.0661 e. The highest BCUT2D eigenvalue weighted by atomic mass is 16.5. The van der Waals surface area contributed by atoms with Gasteiger partial charge in [-0.3, -0.25) is 0 Å². The lowest BCUT2D eigenvalue weighted by atomic mass is 10.1. The second-order valence-corrected chi connectivity index (χ2v) is 3.17. The quantitative estimate of drug-likeness (QED) is 0.460. The van der Waals surface area contributed by atoms with Crippen LogP contribution in [0.4, 0.5) is 0 Å². The Balaban J connectivity index is 2.19. The maximum Gasteiger partial charge on any atom is 0.0661 e. The van der Waals surface area contributed by atoms with Gasteiger partial charge >= 0.3 is 0 Å². The van der Waals surface area contributed by atoms with E-state index in [2.05, 4.69) is 6.92 Å². The van der Waals surface area contributed by atoms with E-state index in [-0.39, 0.29) is 5.60 Å². The maximum atomic E-state index is 5.50. The van der Waals surface area contributed by atoms with Crippen molar-refractivity contribution in [3.05, 3.63) is 5.92 Å². The summed E-state index contributed by atoms with van der Waals surface area (Å²) in [6.45, 7) is 3.17. The Morgan fingerprint density at radius 1 is 1.62 bits per heavy atom. The van der Waals surface area contributed by atoms with Crippen molar-refractivity contribution >= 4 is 0 Å². The van der Waals surface area contributed by atoms with Gasteiger partial charge in [-0.1, -0.05) is 0 Å². The van der Waals surface area contributed by atoms with Gasteiger partial charge in [0.25, 0.3) is 0 Å². The molecule has 1 aliphatic carbocycles. The summed E-state index contributed by atoms with van der Waals surface area (Å²) >= 11 is 0. The molecule has 0 aromatic heterocycles. The topological polar surface area (TPSA) is 9.23 Å². The van der Waals surface area contributed by atoms with Gasteiger partial charge in [-0.25, -0.2) is 0 Å². The van der Waals surface area contributed by atoms with Gasteiger partial charge in [0, 0.05) is 5.92 Å². The summed E-state index contributed by atoms with van der Waals surface area (Å²) < 4.78 is 5.50. The molecule has 2 aliphatic rings. The third kappa shape index (κ3) is 0.510. The number of ether oxygens (including phenoxy) is 1. The molecule has 1 aliphatic heterocycles. The summed E-state index contributed by atoms with van der Waals surface area (Å²) in [7, 11) is 0. The molecule has 8 heavy (non-hydrogen) atoms. The third-order valence-corrected chi connectivity index (χ3v) is 2.26. The SMILES string of the molecule is C[C@]12CC[C](CO1)C2. The Labute approximate surface area is 50.0 Å². The van der Waals surface area contributed by atoms with Crippen molar-refractivity contribution in [2.24, 2.45) is 0 Å². The van der Waals surface area contributed by atoms with Crippen LogP contribution in [0.25, 0.3) is 0 Å². The zero-order valence-corrected chi connectivity index (χ0v) is 5.24. The molecule has 1 heterocycles. The molecule has 1 heteroatoms. The first kappa shape index (κ1) is 4.80. The number of fused-ring (bicyclic) bond motifs is 2. The Hall–Kier alpha value is -0.0400. The van der Waals surface area contributed by atoms with E-state index in [0.29, 0.717) is 0 Å². The molecule has 1 saturated carbocycles. The second kappa shape index (κ2) is 1.27. The summed E-state index contributed by atoms with van der Waals surface area (Å²) in [6.07, 6.45) is 3.84. The maximum absolute atomic E-state index is 5.50. The molecule has 0 spiro atoms. The fourth-order valence-corrected chi connectivity index (χ4v) is 1.67. The largest absolute Gasteiger partial charge is 0.375 e. The van der Waals surface area contributed by atoms with Gasteiger partial charge in [0.05, 0.1) is 12.2 Å². The fourth-order valence-electron chi connectivity index (χ4n) is 1.67. The van der Waals surface area contributed by atoms with Crippen molar-refractivity contribution in [2.75, 3.05) is 6.61 Å².